The van der Waals surface area contributed by atoms with Gasteiger partial charge in [0.15, 0.2) is 0 Å². The van der Waals surface area contributed by atoms with Crippen molar-refractivity contribution < 1.29 is 14.9 Å². The van der Waals surface area contributed by atoms with Gasteiger partial charge < -0.3 is 14.9 Å². The van der Waals surface area contributed by atoms with Gasteiger partial charge in [-0.25, -0.2) is 0 Å². The summed E-state index contributed by atoms with van der Waals surface area (Å²) < 4.78 is 5.04. The first kappa shape index (κ1) is 10.9. The van der Waals surface area contributed by atoms with Gasteiger partial charge in [0.1, 0.15) is 11.5 Å². The summed E-state index contributed by atoms with van der Waals surface area (Å²) in [5.74, 6) is 0.981. The normalized spacial score (nSPS) is 12.5. The van der Waals surface area contributed by atoms with Crippen molar-refractivity contribution >= 4 is 0 Å². The van der Waals surface area contributed by atoms with E-state index in [1.807, 2.05) is 0 Å². The second-order valence-electron chi connectivity index (χ2n) is 3.38. The minimum Gasteiger partial charge on any atom is -0.508 e. The first-order valence-corrected chi connectivity index (χ1v) is 4.67. The van der Waals surface area contributed by atoms with Crippen LogP contribution in [0.15, 0.2) is 18.2 Å². The summed E-state index contributed by atoms with van der Waals surface area (Å²) in [5.41, 5.74) is 0.810. The van der Waals surface area contributed by atoms with E-state index in [1.165, 1.54) is 0 Å². The number of methoxy groups -OCH3 is 1. The Labute approximate surface area is 84.0 Å². The molecule has 3 nitrogen and oxygen atoms in total. The molecule has 0 bridgehead atoms. The molecule has 78 valence electrons. The Morgan fingerprint density at radius 3 is 2.71 bits per heavy atom. The summed E-state index contributed by atoms with van der Waals surface area (Å²) in [6.45, 7) is 1.73. The molecular weight excluding hydrogens is 180 g/mol. The smallest absolute Gasteiger partial charge is 0.119 e. The van der Waals surface area contributed by atoms with Crippen molar-refractivity contribution in [3.8, 4) is 11.5 Å². The molecule has 0 fully saturated rings. The summed E-state index contributed by atoms with van der Waals surface area (Å²) in [4.78, 5) is 0. The van der Waals surface area contributed by atoms with Gasteiger partial charge in [-0.15, -0.1) is 0 Å². The lowest BCUT2D eigenvalue weighted by Crippen LogP contribution is -2.01. The molecule has 1 atom stereocenters. The number of phenols is 1. The van der Waals surface area contributed by atoms with Gasteiger partial charge in [-0.3, -0.25) is 0 Å². The molecule has 0 saturated carbocycles. The minimum absolute atomic E-state index is 0.256. The lowest BCUT2D eigenvalue weighted by molar-refractivity contribution is 0.184. The first-order chi connectivity index (χ1) is 6.63. The van der Waals surface area contributed by atoms with Crippen LogP contribution in [0.1, 0.15) is 18.9 Å². The van der Waals surface area contributed by atoms with E-state index in [2.05, 4.69) is 0 Å². The molecule has 0 aliphatic carbocycles. The molecule has 0 saturated heterocycles. The lowest BCUT2D eigenvalue weighted by atomic mass is 10.1. The molecule has 0 heterocycles. The van der Waals surface area contributed by atoms with E-state index in [0.29, 0.717) is 12.8 Å². The Balaban J connectivity index is 2.73. The van der Waals surface area contributed by atoms with Crippen LogP contribution in [-0.4, -0.2) is 23.4 Å². The molecule has 1 aromatic carbocycles. The highest BCUT2D eigenvalue weighted by molar-refractivity contribution is 5.39. The highest BCUT2D eigenvalue weighted by atomic mass is 16.5. The monoisotopic (exact) mass is 196 g/mol. The number of hydrogen-bond acceptors (Lipinski definition) is 3. The summed E-state index contributed by atoms with van der Waals surface area (Å²) in [6.07, 6.45) is 0.946. The Bertz CT molecular complexity index is 295. The Morgan fingerprint density at radius 1 is 1.43 bits per heavy atom. The zero-order valence-electron chi connectivity index (χ0n) is 8.53. The SMILES string of the molecule is COc1ccc(O)c(CC[C@H](C)O)c1. The highest BCUT2D eigenvalue weighted by Gasteiger charge is 2.04. The Morgan fingerprint density at radius 2 is 2.14 bits per heavy atom. The number of ether oxygens (including phenoxy) is 1. The van der Waals surface area contributed by atoms with Crippen LogP contribution in [0.5, 0.6) is 11.5 Å². The zero-order chi connectivity index (χ0) is 10.6. The molecule has 0 aliphatic heterocycles. The van der Waals surface area contributed by atoms with E-state index in [1.54, 1.807) is 32.2 Å². The van der Waals surface area contributed by atoms with E-state index >= 15 is 0 Å². The molecule has 0 radical (unpaired) electrons. The van der Waals surface area contributed by atoms with Crippen molar-refractivity contribution in [2.45, 2.75) is 25.9 Å². The van der Waals surface area contributed by atoms with Crippen molar-refractivity contribution in [3.05, 3.63) is 23.8 Å². The summed E-state index contributed by atoms with van der Waals surface area (Å²) in [7, 11) is 1.59. The molecule has 0 aromatic heterocycles. The number of aryl methyl sites for hydroxylation is 1. The number of hydrogen-bond donors (Lipinski definition) is 2. The van der Waals surface area contributed by atoms with Crippen LogP contribution in [-0.2, 0) is 6.42 Å². The molecule has 14 heavy (non-hydrogen) atoms. The van der Waals surface area contributed by atoms with E-state index < -0.39 is 0 Å². The topological polar surface area (TPSA) is 49.7 Å². The number of benzene rings is 1. The molecule has 3 heteroatoms. The van der Waals surface area contributed by atoms with E-state index in [-0.39, 0.29) is 11.9 Å². The van der Waals surface area contributed by atoms with Crippen molar-refractivity contribution in [2.24, 2.45) is 0 Å². The predicted octanol–water partition coefficient (Wildman–Crippen LogP) is 1.71. The minimum atomic E-state index is -0.347. The van der Waals surface area contributed by atoms with Crippen LogP contribution in [0, 0.1) is 0 Å². The van der Waals surface area contributed by atoms with Crippen LogP contribution in [0.4, 0.5) is 0 Å². The molecule has 1 aromatic rings. The average Bonchev–Trinajstić information content (AvgIpc) is 2.16. The van der Waals surface area contributed by atoms with Gasteiger partial charge >= 0.3 is 0 Å². The molecular formula is C11H16O3. The van der Waals surface area contributed by atoms with Gasteiger partial charge in [0.2, 0.25) is 0 Å². The largest absolute Gasteiger partial charge is 0.508 e. The number of rotatable bonds is 4. The van der Waals surface area contributed by atoms with Crippen molar-refractivity contribution in [1.29, 1.82) is 0 Å². The fourth-order valence-electron chi connectivity index (χ4n) is 1.25. The standard InChI is InChI=1S/C11H16O3/c1-8(12)3-4-9-7-10(14-2)5-6-11(9)13/h5-8,12-13H,3-4H2,1-2H3/t8-/m0/s1. The molecule has 0 spiro atoms. The van der Waals surface area contributed by atoms with Gasteiger partial charge in [-0.2, -0.15) is 0 Å². The van der Waals surface area contributed by atoms with Gasteiger partial charge in [0.05, 0.1) is 13.2 Å². The zero-order valence-corrected chi connectivity index (χ0v) is 8.53. The average molecular weight is 196 g/mol. The lowest BCUT2D eigenvalue weighted by Gasteiger charge is -2.08. The third-order valence-corrected chi connectivity index (χ3v) is 2.12. The summed E-state index contributed by atoms with van der Waals surface area (Å²) >= 11 is 0. The number of aliphatic hydroxyl groups excluding tert-OH is 1. The molecule has 0 amide bonds. The third kappa shape index (κ3) is 2.92. The van der Waals surface area contributed by atoms with Gasteiger partial charge in [-0.1, -0.05) is 0 Å². The maximum Gasteiger partial charge on any atom is 0.119 e. The molecule has 2 N–H and O–H groups in total. The summed E-state index contributed by atoms with van der Waals surface area (Å²) in [5, 5.41) is 18.6. The van der Waals surface area contributed by atoms with Crippen LogP contribution in [0.2, 0.25) is 0 Å². The second kappa shape index (κ2) is 4.86. The van der Waals surface area contributed by atoms with E-state index in [0.717, 1.165) is 11.3 Å². The van der Waals surface area contributed by atoms with Crippen LogP contribution >= 0.6 is 0 Å². The quantitative estimate of drug-likeness (QED) is 0.770. The predicted molar refractivity (Wildman–Crippen MR) is 54.7 cm³/mol. The van der Waals surface area contributed by atoms with Crippen molar-refractivity contribution in [3.63, 3.8) is 0 Å². The fraction of sp³-hybridized carbons (Fsp3) is 0.455. The van der Waals surface area contributed by atoms with Gasteiger partial charge in [0.25, 0.3) is 0 Å². The van der Waals surface area contributed by atoms with Crippen LogP contribution in [0.25, 0.3) is 0 Å². The van der Waals surface area contributed by atoms with Gasteiger partial charge in [0, 0.05) is 0 Å². The van der Waals surface area contributed by atoms with E-state index in [4.69, 9.17) is 9.84 Å². The van der Waals surface area contributed by atoms with E-state index in [9.17, 15) is 5.11 Å². The number of phenolic OH excluding ortho intramolecular Hbond substituents is 1. The third-order valence-electron chi connectivity index (χ3n) is 2.12. The van der Waals surface area contributed by atoms with Crippen molar-refractivity contribution in [2.75, 3.05) is 7.11 Å². The molecule has 0 unspecified atom stereocenters. The Kier molecular flexibility index (Phi) is 3.77. The number of aromatic hydroxyl groups is 1. The van der Waals surface area contributed by atoms with Crippen molar-refractivity contribution in [1.82, 2.24) is 0 Å². The highest BCUT2D eigenvalue weighted by Crippen LogP contribution is 2.24. The molecule has 1 rings (SSSR count). The molecule has 0 aliphatic rings. The van der Waals surface area contributed by atoms with Gasteiger partial charge in [-0.05, 0) is 43.5 Å². The summed E-state index contributed by atoms with van der Waals surface area (Å²) in [6, 6.07) is 5.11. The van der Waals surface area contributed by atoms with Crippen LogP contribution < -0.4 is 4.74 Å². The second-order valence-corrected chi connectivity index (χ2v) is 3.38. The fourth-order valence-corrected chi connectivity index (χ4v) is 1.25. The Hall–Kier alpha value is -1.22. The maximum absolute atomic E-state index is 9.51. The van der Waals surface area contributed by atoms with Crippen LogP contribution in [0.3, 0.4) is 0 Å². The first-order valence-electron chi connectivity index (χ1n) is 4.67. The maximum atomic E-state index is 9.51. The number of aliphatic hydroxyl groups is 1.